The maximum Gasteiger partial charge on any atom is 0.329 e. The van der Waals surface area contributed by atoms with E-state index >= 15 is 4.79 Å². The van der Waals surface area contributed by atoms with Crippen LogP contribution < -0.4 is 38.1 Å². The number of aliphatic hydroxyl groups is 1. The van der Waals surface area contributed by atoms with E-state index in [2.05, 4.69) is 31.6 Å². The molecule has 0 saturated carbocycles. The molecule has 2 bridgehead atoms. The van der Waals surface area contributed by atoms with Gasteiger partial charge in [-0.25, -0.2) is 4.79 Å². The van der Waals surface area contributed by atoms with Crippen molar-refractivity contribution in [1.29, 1.82) is 0 Å². The average molecular weight is 965 g/mol. The summed E-state index contributed by atoms with van der Waals surface area (Å²) in [6, 6.07) is 3.63. The molecule has 2 heterocycles. The Morgan fingerprint density at radius 1 is 0.884 bits per heavy atom. The number of fused-ring (bicyclic) bond motifs is 2. The molecule has 0 spiro atoms. The number of aliphatic imine (C=N–C) groups is 1. The summed E-state index contributed by atoms with van der Waals surface area (Å²) >= 11 is 0. The third-order valence-electron chi connectivity index (χ3n) is 12.0. The Morgan fingerprint density at radius 2 is 1.52 bits per heavy atom. The van der Waals surface area contributed by atoms with Crippen molar-refractivity contribution in [3.63, 3.8) is 0 Å². The number of carbonyl (C=O) groups is 9. The van der Waals surface area contributed by atoms with Crippen LogP contribution in [0.4, 0.5) is 0 Å². The first-order valence-corrected chi connectivity index (χ1v) is 22.7. The van der Waals surface area contributed by atoms with E-state index in [0.29, 0.717) is 11.1 Å². The summed E-state index contributed by atoms with van der Waals surface area (Å²) < 4.78 is 5.83. The number of aromatic hydroxyl groups is 1. The van der Waals surface area contributed by atoms with Gasteiger partial charge in [0, 0.05) is 33.4 Å². The van der Waals surface area contributed by atoms with Gasteiger partial charge < -0.3 is 67.9 Å². The van der Waals surface area contributed by atoms with Gasteiger partial charge in [-0.3, -0.25) is 43.3 Å². The van der Waals surface area contributed by atoms with Gasteiger partial charge in [0.1, 0.15) is 60.4 Å². The normalized spacial score (nSPS) is 25.0. The maximum atomic E-state index is 15.1. The number of carbonyl (C=O) groups excluding carboxylic acids is 8. The van der Waals surface area contributed by atoms with Crippen LogP contribution in [0.3, 0.4) is 0 Å². The van der Waals surface area contributed by atoms with Crippen molar-refractivity contribution in [3.05, 3.63) is 65.7 Å². The molecule has 0 aliphatic carbocycles. The van der Waals surface area contributed by atoms with Gasteiger partial charge in [0.15, 0.2) is 5.96 Å². The predicted octanol–water partition coefficient (Wildman–Crippen LogP) is -1.72. The van der Waals surface area contributed by atoms with Gasteiger partial charge in [0.2, 0.25) is 41.4 Å². The van der Waals surface area contributed by atoms with E-state index in [1.165, 1.54) is 38.2 Å². The Morgan fingerprint density at radius 3 is 2.13 bits per heavy atom. The molecule has 69 heavy (non-hydrogen) atoms. The lowest BCUT2D eigenvalue weighted by Crippen LogP contribution is -2.65. The molecule has 23 nitrogen and oxygen atoms in total. The summed E-state index contributed by atoms with van der Waals surface area (Å²) in [6.07, 6.45) is -4.44. The number of aliphatic hydroxyl groups excluding tert-OH is 1. The summed E-state index contributed by atoms with van der Waals surface area (Å²) in [5, 5.41) is 43.6. The number of carboxylic acids is 1. The number of nitrogens with one attached hydrogen (secondary N) is 5. The number of benzene rings is 2. The second-order valence-electron chi connectivity index (χ2n) is 17.3. The second kappa shape index (κ2) is 25.2. The summed E-state index contributed by atoms with van der Waals surface area (Å²) in [5.74, 6) is -10.0. The number of ether oxygens (including phenoxy) is 1. The number of piperidine rings is 1. The number of nitrogens with zero attached hydrogens (tertiary/aromatic N) is 3. The van der Waals surface area contributed by atoms with Crippen molar-refractivity contribution in [2.75, 3.05) is 13.6 Å². The highest BCUT2D eigenvalue weighted by molar-refractivity contribution is 5.98. The highest BCUT2D eigenvalue weighted by Crippen LogP contribution is 2.26. The number of aliphatic carboxylic acids is 1. The van der Waals surface area contributed by atoms with Crippen LogP contribution in [0.5, 0.6) is 5.75 Å². The van der Waals surface area contributed by atoms with Gasteiger partial charge in [-0.1, -0.05) is 62.7 Å². The Kier molecular flexibility index (Phi) is 19.8. The first-order chi connectivity index (χ1) is 32.6. The minimum Gasteiger partial charge on any atom is -0.508 e. The highest BCUT2D eigenvalue weighted by Gasteiger charge is 2.46. The first-order valence-electron chi connectivity index (χ1n) is 22.7. The lowest BCUT2D eigenvalue weighted by molar-refractivity contribution is -0.165. The van der Waals surface area contributed by atoms with Crippen LogP contribution in [0.1, 0.15) is 77.3 Å². The number of guanidine groups is 1. The number of hydrogen-bond donors (Lipinski definition) is 10. The fraction of sp³-hybridized carbons (Fsp3) is 0.522. The molecule has 376 valence electrons. The zero-order valence-corrected chi connectivity index (χ0v) is 39.3. The van der Waals surface area contributed by atoms with Gasteiger partial charge in [0.25, 0.3) is 0 Å². The molecule has 10 atom stereocenters. The standard InChI is InChI=1S/C46H64N10O13/c1-6-24(2)37-45(68)69-25(3)38(54-40(63)32(23-36(60)61)50-26(4)57)42(65)51-30(13-10-20-49-46(47)48)39(62)52-31-18-19-35(59)56(43(31)66)34(22-27-11-8-7-9-12-27)44(67)55(5)33(41(64)53-37)21-28-14-16-29(58)17-15-28/h7-9,11-12,14-17,24-25,30-35,37-38,58-59H,6,10,13,18-23H2,1-5H3,(H,50,57)(H,51,65)(H,52,62)(H,53,64)(H,54,63)(H,60,61)(H4,47,48,49)/t24-,25-,30-,31-,32+,33-,34-,35+,37?,38-/m0/s1. The quantitative estimate of drug-likeness (QED) is 0.0411. The van der Waals surface area contributed by atoms with E-state index in [4.69, 9.17) is 16.2 Å². The highest BCUT2D eigenvalue weighted by atomic mass is 16.5. The van der Waals surface area contributed by atoms with Crippen molar-refractivity contribution in [3.8, 4) is 5.75 Å². The zero-order valence-electron chi connectivity index (χ0n) is 39.3. The number of rotatable bonds is 15. The van der Waals surface area contributed by atoms with E-state index in [0.717, 1.165) is 16.7 Å². The number of esters is 1. The van der Waals surface area contributed by atoms with E-state index in [9.17, 15) is 53.7 Å². The molecule has 7 amide bonds. The molecular formula is C46H64N10O13. The van der Waals surface area contributed by atoms with Gasteiger partial charge >= 0.3 is 11.9 Å². The van der Waals surface area contributed by atoms with Gasteiger partial charge in [-0.15, -0.1) is 0 Å². The number of likely N-dealkylation sites (N-methyl/N-ethyl adjacent to an activating group) is 1. The van der Waals surface area contributed by atoms with Crippen LogP contribution in [-0.4, -0.2) is 153 Å². The molecule has 4 rings (SSSR count). The summed E-state index contributed by atoms with van der Waals surface area (Å²) in [5.41, 5.74) is 12.1. The molecule has 1 unspecified atom stereocenters. The first kappa shape index (κ1) is 54.3. The van der Waals surface area contributed by atoms with E-state index < -0.39 is 120 Å². The van der Waals surface area contributed by atoms with Crippen molar-refractivity contribution < 1.29 is 63.2 Å². The Hall–Kier alpha value is -7.30. The third-order valence-corrected chi connectivity index (χ3v) is 12.0. The third kappa shape index (κ3) is 15.4. The van der Waals surface area contributed by atoms with Crippen molar-refractivity contribution >= 4 is 59.2 Å². The smallest absolute Gasteiger partial charge is 0.329 e. The number of carboxylic acid groups (broad SMARTS) is 1. The Balaban J connectivity index is 1.91. The number of nitrogens with two attached hydrogens (primary N) is 2. The van der Waals surface area contributed by atoms with Crippen LogP contribution in [0.25, 0.3) is 0 Å². The molecule has 12 N–H and O–H groups in total. The van der Waals surface area contributed by atoms with Crippen LogP contribution in [-0.2, 0) is 60.7 Å². The van der Waals surface area contributed by atoms with Gasteiger partial charge in [-0.2, -0.15) is 0 Å². The zero-order chi connectivity index (χ0) is 51.1. The lowest BCUT2D eigenvalue weighted by Gasteiger charge is -2.43. The minimum atomic E-state index is -1.89. The van der Waals surface area contributed by atoms with Crippen LogP contribution in [0.2, 0.25) is 0 Å². The minimum absolute atomic E-state index is 0.0146. The van der Waals surface area contributed by atoms with Gasteiger partial charge in [0.05, 0.1) is 6.42 Å². The molecule has 0 aromatic heterocycles. The summed E-state index contributed by atoms with van der Waals surface area (Å²) in [7, 11) is 1.34. The second-order valence-corrected chi connectivity index (χ2v) is 17.3. The summed E-state index contributed by atoms with van der Waals surface area (Å²) in [6.45, 7) is 5.61. The number of phenols is 1. The largest absolute Gasteiger partial charge is 0.508 e. The molecule has 2 saturated heterocycles. The molecule has 2 aromatic carbocycles. The van der Waals surface area contributed by atoms with Crippen molar-refractivity contribution in [2.45, 2.75) is 134 Å². The fourth-order valence-corrected chi connectivity index (χ4v) is 8.02. The molecule has 2 aliphatic heterocycles. The van der Waals surface area contributed by atoms with Crippen molar-refractivity contribution in [1.82, 2.24) is 36.4 Å². The maximum absolute atomic E-state index is 15.1. The number of cyclic esters (lactones) is 1. The Labute approximate surface area is 399 Å². The Bertz CT molecular complexity index is 2190. The van der Waals surface area contributed by atoms with Crippen LogP contribution >= 0.6 is 0 Å². The fourth-order valence-electron chi connectivity index (χ4n) is 8.02. The SMILES string of the molecule is CC[C@H](C)C1NC(=O)[C@H](Cc2ccc(O)cc2)N(C)C(=O)[C@H](Cc2ccccc2)N2C(=O)[C@H](CC[C@H]2O)NC(=O)[C@H](CCCN=C(N)N)NC(=O)[C@@H](NC(=O)[C@@H](CC(=O)O)NC(C)=O)[C@H](C)OC1=O. The molecule has 2 aromatic rings. The number of phenolic OH excluding ortho intramolecular Hbond substituents is 1. The van der Waals surface area contributed by atoms with Gasteiger partial charge in [-0.05, 0) is 61.8 Å². The van der Waals surface area contributed by atoms with E-state index in [-0.39, 0.29) is 63.2 Å². The molecule has 2 fully saturated rings. The predicted molar refractivity (Wildman–Crippen MR) is 247 cm³/mol. The van der Waals surface area contributed by atoms with Crippen LogP contribution in [0.15, 0.2) is 59.6 Å². The van der Waals surface area contributed by atoms with Crippen molar-refractivity contribution in [2.24, 2.45) is 22.4 Å². The molecule has 0 radical (unpaired) electrons. The summed E-state index contributed by atoms with van der Waals surface area (Å²) in [4.78, 5) is 131. The molecular weight excluding hydrogens is 901 g/mol. The van der Waals surface area contributed by atoms with E-state index in [1.54, 1.807) is 44.2 Å². The molecule has 23 heteroatoms. The van der Waals surface area contributed by atoms with Crippen LogP contribution in [0, 0.1) is 5.92 Å². The lowest BCUT2D eigenvalue weighted by atomic mass is 9.95. The molecule has 2 aliphatic rings. The monoisotopic (exact) mass is 964 g/mol. The topological polar surface area (TPSA) is 355 Å². The number of hydrogen-bond acceptors (Lipinski definition) is 13. The number of amides is 7. The van der Waals surface area contributed by atoms with E-state index in [1.807, 2.05) is 0 Å². The average Bonchev–Trinajstić information content (AvgIpc) is 3.29.